The highest BCUT2D eigenvalue weighted by Gasteiger charge is 2.15. The Morgan fingerprint density at radius 2 is 2.00 bits per heavy atom. The first-order valence-corrected chi connectivity index (χ1v) is 4.56. The van der Waals surface area contributed by atoms with Crippen molar-refractivity contribution in [3.05, 3.63) is 0 Å². The fourth-order valence-corrected chi connectivity index (χ4v) is 1.12. The van der Waals surface area contributed by atoms with Crippen LogP contribution >= 0.6 is 0 Å². The SMILES string of the molecule is CCNC(=O)C(CC(C)C)NC. The van der Waals surface area contributed by atoms with Gasteiger partial charge in [0.15, 0.2) is 0 Å². The van der Waals surface area contributed by atoms with Crippen molar-refractivity contribution in [2.75, 3.05) is 13.6 Å². The summed E-state index contributed by atoms with van der Waals surface area (Å²) in [5.74, 6) is 0.652. The molecule has 0 heterocycles. The number of rotatable bonds is 5. The van der Waals surface area contributed by atoms with Crippen LogP contribution in [0.1, 0.15) is 27.2 Å². The summed E-state index contributed by atoms with van der Waals surface area (Å²) in [7, 11) is 1.82. The zero-order valence-electron chi connectivity index (χ0n) is 8.48. The van der Waals surface area contributed by atoms with E-state index in [2.05, 4.69) is 24.5 Å². The van der Waals surface area contributed by atoms with E-state index in [0.717, 1.165) is 6.42 Å². The topological polar surface area (TPSA) is 41.1 Å². The van der Waals surface area contributed by atoms with Crippen LogP contribution in [0, 0.1) is 5.92 Å². The third-order valence-electron chi connectivity index (χ3n) is 1.72. The predicted molar refractivity (Wildman–Crippen MR) is 51.0 cm³/mol. The van der Waals surface area contributed by atoms with Gasteiger partial charge < -0.3 is 10.6 Å². The zero-order chi connectivity index (χ0) is 9.56. The molecule has 0 rings (SSSR count). The second-order valence-electron chi connectivity index (χ2n) is 3.37. The minimum absolute atomic E-state index is 0.0371. The molecule has 1 amide bonds. The Labute approximate surface area is 74.9 Å². The summed E-state index contributed by atoms with van der Waals surface area (Å²) in [4.78, 5) is 11.3. The Balaban J connectivity index is 3.87. The van der Waals surface area contributed by atoms with Gasteiger partial charge in [0.1, 0.15) is 0 Å². The van der Waals surface area contributed by atoms with Gasteiger partial charge in [0, 0.05) is 6.54 Å². The van der Waals surface area contributed by atoms with Gasteiger partial charge in [0.05, 0.1) is 6.04 Å². The minimum atomic E-state index is -0.0371. The molecule has 0 aliphatic rings. The molecule has 1 unspecified atom stereocenters. The van der Waals surface area contributed by atoms with Crippen molar-refractivity contribution in [1.82, 2.24) is 10.6 Å². The molecule has 1 atom stereocenters. The Bertz CT molecular complexity index is 134. The predicted octanol–water partition coefficient (Wildman–Crippen LogP) is 0.757. The lowest BCUT2D eigenvalue weighted by Crippen LogP contribution is -2.43. The maximum Gasteiger partial charge on any atom is 0.237 e. The van der Waals surface area contributed by atoms with Gasteiger partial charge in [-0.3, -0.25) is 4.79 Å². The molecule has 2 N–H and O–H groups in total. The molecule has 0 aliphatic carbocycles. The van der Waals surface area contributed by atoms with Crippen LogP contribution in [0.5, 0.6) is 0 Å². The van der Waals surface area contributed by atoms with Crippen molar-refractivity contribution >= 4 is 5.91 Å². The van der Waals surface area contributed by atoms with Crippen molar-refractivity contribution in [3.8, 4) is 0 Å². The van der Waals surface area contributed by atoms with Gasteiger partial charge in [-0.05, 0) is 26.3 Å². The third kappa shape index (κ3) is 4.34. The molecule has 12 heavy (non-hydrogen) atoms. The average molecular weight is 172 g/mol. The molecule has 0 spiro atoms. The molecule has 0 saturated heterocycles. The summed E-state index contributed by atoms with van der Waals surface area (Å²) >= 11 is 0. The van der Waals surface area contributed by atoms with Crippen molar-refractivity contribution < 1.29 is 4.79 Å². The van der Waals surface area contributed by atoms with Crippen molar-refractivity contribution in [3.63, 3.8) is 0 Å². The van der Waals surface area contributed by atoms with Crippen molar-refractivity contribution in [1.29, 1.82) is 0 Å². The van der Waals surface area contributed by atoms with Crippen LogP contribution in [0.15, 0.2) is 0 Å². The first-order valence-electron chi connectivity index (χ1n) is 4.56. The smallest absolute Gasteiger partial charge is 0.237 e. The fraction of sp³-hybridized carbons (Fsp3) is 0.889. The monoisotopic (exact) mass is 172 g/mol. The molecule has 0 saturated carbocycles. The number of amides is 1. The van der Waals surface area contributed by atoms with E-state index < -0.39 is 0 Å². The van der Waals surface area contributed by atoms with Gasteiger partial charge >= 0.3 is 0 Å². The molecule has 72 valence electrons. The normalized spacial score (nSPS) is 13.1. The number of hydrogen-bond acceptors (Lipinski definition) is 2. The van der Waals surface area contributed by atoms with Gasteiger partial charge in [-0.15, -0.1) is 0 Å². The van der Waals surface area contributed by atoms with E-state index in [1.807, 2.05) is 14.0 Å². The Morgan fingerprint density at radius 1 is 1.42 bits per heavy atom. The van der Waals surface area contributed by atoms with Gasteiger partial charge in [-0.1, -0.05) is 13.8 Å². The number of likely N-dealkylation sites (N-methyl/N-ethyl adjacent to an activating group) is 2. The summed E-state index contributed by atoms with van der Waals surface area (Å²) in [5.41, 5.74) is 0. The molecule has 3 heteroatoms. The number of carbonyl (C=O) groups excluding carboxylic acids is 1. The maximum atomic E-state index is 11.3. The largest absolute Gasteiger partial charge is 0.355 e. The number of nitrogens with one attached hydrogen (secondary N) is 2. The van der Waals surface area contributed by atoms with Crippen LogP contribution in [-0.2, 0) is 4.79 Å². The second kappa shape index (κ2) is 6.00. The Hall–Kier alpha value is -0.570. The fourth-order valence-electron chi connectivity index (χ4n) is 1.12. The van der Waals surface area contributed by atoms with Crippen LogP contribution in [0.2, 0.25) is 0 Å². The van der Waals surface area contributed by atoms with E-state index in [1.165, 1.54) is 0 Å². The lowest BCUT2D eigenvalue weighted by molar-refractivity contribution is -0.123. The molecule has 0 aromatic heterocycles. The van der Waals surface area contributed by atoms with Gasteiger partial charge in [0.25, 0.3) is 0 Å². The van der Waals surface area contributed by atoms with E-state index in [9.17, 15) is 4.79 Å². The van der Waals surface area contributed by atoms with Crippen molar-refractivity contribution in [2.45, 2.75) is 33.2 Å². The maximum absolute atomic E-state index is 11.3. The number of hydrogen-bond donors (Lipinski definition) is 2. The molecule has 0 aromatic carbocycles. The first kappa shape index (κ1) is 11.4. The standard InChI is InChI=1S/C9H20N2O/c1-5-11-9(12)8(10-4)6-7(2)3/h7-8,10H,5-6H2,1-4H3,(H,11,12). The lowest BCUT2D eigenvalue weighted by Gasteiger charge is -2.16. The minimum Gasteiger partial charge on any atom is -0.355 e. The molecule has 0 fully saturated rings. The van der Waals surface area contributed by atoms with Crippen LogP contribution in [-0.4, -0.2) is 25.5 Å². The van der Waals surface area contributed by atoms with E-state index in [4.69, 9.17) is 0 Å². The van der Waals surface area contributed by atoms with Crippen LogP contribution < -0.4 is 10.6 Å². The van der Waals surface area contributed by atoms with E-state index >= 15 is 0 Å². The zero-order valence-corrected chi connectivity index (χ0v) is 8.48. The summed E-state index contributed by atoms with van der Waals surface area (Å²) in [6.07, 6.45) is 0.891. The van der Waals surface area contributed by atoms with Crippen LogP contribution in [0.3, 0.4) is 0 Å². The quantitative estimate of drug-likeness (QED) is 0.642. The second-order valence-corrected chi connectivity index (χ2v) is 3.37. The average Bonchev–Trinajstić information content (AvgIpc) is 2.00. The van der Waals surface area contributed by atoms with Crippen molar-refractivity contribution in [2.24, 2.45) is 5.92 Å². The van der Waals surface area contributed by atoms with Gasteiger partial charge in [0.2, 0.25) is 5.91 Å². The number of carbonyl (C=O) groups is 1. The summed E-state index contributed by atoms with van der Waals surface area (Å²) < 4.78 is 0. The highest BCUT2D eigenvalue weighted by molar-refractivity contribution is 5.81. The van der Waals surface area contributed by atoms with E-state index in [1.54, 1.807) is 0 Å². The summed E-state index contributed by atoms with van der Waals surface area (Å²) in [5, 5.41) is 5.81. The molecule has 0 aliphatic heterocycles. The third-order valence-corrected chi connectivity index (χ3v) is 1.72. The molecule has 0 radical (unpaired) electrons. The summed E-state index contributed by atoms with van der Waals surface area (Å²) in [6.45, 7) is 6.86. The van der Waals surface area contributed by atoms with Crippen LogP contribution in [0.25, 0.3) is 0 Å². The molecule has 3 nitrogen and oxygen atoms in total. The highest BCUT2D eigenvalue weighted by atomic mass is 16.2. The molecular formula is C9H20N2O. The molecule has 0 bridgehead atoms. The van der Waals surface area contributed by atoms with E-state index in [-0.39, 0.29) is 11.9 Å². The van der Waals surface area contributed by atoms with E-state index in [0.29, 0.717) is 12.5 Å². The van der Waals surface area contributed by atoms with Crippen LogP contribution in [0.4, 0.5) is 0 Å². The van der Waals surface area contributed by atoms with Gasteiger partial charge in [-0.2, -0.15) is 0 Å². The molecule has 0 aromatic rings. The Kier molecular flexibility index (Phi) is 5.72. The Morgan fingerprint density at radius 3 is 2.33 bits per heavy atom. The first-order chi connectivity index (χ1) is 5.61. The highest BCUT2D eigenvalue weighted by Crippen LogP contribution is 2.03. The molecular weight excluding hydrogens is 152 g/mol. The summed E-state index contributed by atoms with van der Waals surface area (Å²) in [6, 6.07) is -0.0371. The lowest BCUT2D eigenvalue weighted by atomic mass is 10.0. The van der Waals surface area contributed by atoms with Gasteiger partial charge in [-0.25, -0.2) is 0 Å².